The van der Waals surface area contributed by atoms with Gasteiger partial charge in [0.2, 0.25) is 0 Å². The minimum absolute atomic E-state index is 0.249. The number of carbonyl (C=O) groups is 1. The first-order valence-corrected chi connectivity index (χ1v) is 9.16. The number of aliphatic carboxylic acids is 1. The summed E-state index contributed by atoms with van der Waals surface area (Å²) in [7, 11) is 2.09. The molecule has 1 aromatic carbocycles. The van der Waals surface area contributed by atoms with Gasteiger partial charge in [0.15, 0.2) is 0 Å². The third-order valence-corrected chi connectivity index (χ3v) is 5.70. The number of nitrogens with zero attached hydrogens (tertiary/aromatic N) is 2. The molecule has 0 fully saturated rings. The van der Waals surface area contributed by atoms with Gasteiger partial charge in [-0.2, -0.15) is 0 Å². The quantitative estimate of drug-likeness (QED) is 0.706. The van der Waals surface area contributed by atoms with Crippen molar-refractivity contribution < 1.29 is 9.90 Å². The molecule has 24 heavy (non-hydrogen) atoms. The van der Waals surface area contributed by atoms with Gasteiger partial charge in [-0.25, -0.2) is 4.98 Å². The molecule has 1 heterocycles. The highest BCUT2D eigenvalue weighted by Crippen LogP contribution is 2.34. The Labute approximate surface area is 148 Å². The summed E-state index contributed by atoms with van der Waals surface area (Å²) in [5.41, 5.74) is 3.50. The van der Waals surface area contributed by atoms with Crippen LogP contribution in [0.25, 0.3) is 10.6 Å². The Morgan fingerprint density at radius 2 is 1.92 bits per heavy atom. The number of aromatic nitrogens is 1. The van der Waals surface area contributed by atoms with E-state index in [9.17, 15) is 4.79 Å². The van der Waals surface area contributed by atoms with E-state index in [0.29, 0.717) is 0 Å². The Morgan fingerprint density at radius 1 is 1.25 bits per heavy atom. The molecule has 0 aliphatic heterocycles. The van der Waals surface area contributed by atoms with Crippen LogP contribution in [0.1, 0.15) is 48.4 Å². The molecule has 1 N–H and O–H groups in total. The number of aryl methyl sites for hydroxylation is 2. The van der Waals surface area contributed by atoms with E-state index in [0.717, 1.165) is 35.7 Å². The second-order valence-electron chi connectivity index (χ2n) is 6.34. The Bertz CT molecular complexity index is 679. The van der Waals surface area contributed by atoms with Crippen molar-refractivity contribution in [3.63, 3.8) is 0 Å². The lowest BCUT2D eigenvalue weighted by Crippen LogP contribution is -2.23. The van der Waals surface area contributed by atoms with Crippen LogP contribution in [0.3, 0.4) is 0 Å². The molecule has 2 aromatic rings. The van der Waals surface area contributed by atoms with Crippen LogP contribution in [0.4, 0.5) is 0 Å². The van der Waals surface area contributed by atoms with E-state index in [-0.39, 0.29) is 12.5 Å². The van der Waals surface area contributed by atoms with Crippen molar-refractivity contribution in [3.8, 4) is 10.6 Å². The van der Waals surface area contributed by atoms with E-state index in [2.05, 4.69) is 57.0 Å². The molecule has 0 spiro atoms. The minimum Gasteiger partial charge on any atom is -0.481 e. The first-order valence-electron chi connectivity index (χ1n) is 8.35. The molecule has 130 valence electrons. The van der Waals surface area contributed by atoms with E-state index in [1.807, 2.05) is 0 Å². The molecule has 0 saturated heterocycles. The second kappa shape index (κ2) is 8.40. The van der Waals surface area contributed by atoms with Crippen molar-refractivity contribution in [1.82, 2.24) is 9.88 Å². The van der Waals surface area contributed by atoms with Crippen LogP contribution in [0.5, 0.6) is 0 Å². The summed E-state index contributed by atoms with van der Waals surface area (Å²) in [5, 5.41) is 9.77. The zero-order valence-corrected chi connectivity index (χ0v) is 15.7. The topological polar surface area (TPSA) is 53.4 Å². The summed E-state index contributed by atoms with van der Waals surface area (Å²) >= 11 is 1.75. The Kier molecular flexibility index (Phi) is 6.52. The Balaban J connectivity index is 2.02. The molecule has 0 saturated carbocycles. The lowest BCUT2D eigenvalue weighted by molar-refractivity contribution is -0.137. The Hall–Kier alpha value is -1.72. The van der Waals surface area contributed by atoms with Gasteiger partial charge in [-0.15, -0.1) is 11.3 Å². The molecular weight excluding hydrogens is 320 g/mol. The van der Waals surface area contributed by atoms with E-state index < -0.39 is 5.97 Å². The van der Waals surface area contributed by atoms with Crippen LogP contribution in [0, 0.1) is 13.8 Å². The van der Waals surface area contributed by atoms with Crippen LogP contribution in [-0.2, 0) is 4.79 Å². The van der Waals surface area contributed by atoms with E-state index >= 15 is 0 Å². The first-order chi connectivity index (χ1) is 11.4. The van der Waals surface area contributed by atoms with Crippen molar-refractivity contribution in [3.05, 3.63) is 40.4 Å². The molecule has 5 heteroatoms. The van der Waals surface area contributed by atoms with Gasteiger partial charge in [0.25, 0.3) is 0 Å². The number of unbranched alkanes of at least 4 members (excludes halogenated alkanes) is 1. The molecule has 2 rings (SSSR count). The summed E-state index contributed by atoms with van der Waals surface area (Å²) in [6, 6.07) is 8.76. The fourth-order valence-electron chi connectivity index (χ4n) is 2.65. The largest absolute Gasteiger partial charge is 0.481 e. The van der Waals surface area contributed by atoms with Crippen molar-refractivity contribution >= 4 is 17.3 Å². The predicted octanol–water partition coefficient (Wildman–Crippen LogP) is 4.67. The lowest BCUT2D eigenvalue weighted by Gasteiger charge is -2.24. The van der Waals surface area contributed by atoms with Crippen LogP contribution in [0.2, 0.25) is 0 Å². The van der Waals surface area contributed by atoms with Crippen molar-refractivity contribution in [2.24, 2.45) is 0 Å². The maximum atomic E-state index is 10.6. The van der Waals surface area contributed by atoms with Gasteiger partial charge < -0.3 is 5.11 Å². The molecule has 0 radical (unpaired) electrons. The maximum absolute atomic E-state index is 10.6. The first kappa shape index (κ1) is 18.6. The van der Waals surface area contributed by atoms with Crippen molar-refractivity contribution in [2.45, 2.75) is 46.1 Å². The van der Waals surface area contributed by atoms with Gasteiger partial charge in [0.1, 0.15) is 5.01 Å². The smallest absolute Gasteiger partial charge is 0.303 e. The number of benzene rings is 1. The molecule has 1 atom stereocenters. The van der Waals surface area contributed by atoms with Crippen LogP contribution < -0.4 is 0 Å². The number of hydrogen-bond acceptors (Lipinski definition) is 4. The monoisotopic (exact) mass is 346 g/mol. The molecule has 1 unspecified atom stereocenters. The van der Waals surface area contributed by atoms with Crippen LogP contribution in [-0.4, -0.2) is 34.6 Å². The standard InChI is InChI=1S/C19H26N2O2S/c1-13-8-10-16(11-9-13)19-20-14(2)18(24-19)15(3)21(4)12-6-5-7-17(22)23/h8-11,15H,5-7,12H2,1-4H3,(H,22,23). The summed E-state index contributed by atoms with van der Waals surface area (Å²) in [4.78, 5) is 18.9. The highest BCUT2D eigenvalue weighted by molar-refractivity contribution is 7.15. The fraction of sp³-hybridized carbons (Fsp3) is 0.474. The summed E-state index contributed by atoms with van der Waals surface area (Å²) in [5.74, 6) is -0.716. The van der Waals surface area contributed by atoms with E-state index in [4.69, 9.17) is 10.1 Å². The van der Waals surface area contributed by atoms with Crippen LogP contribution in [0.15, 0.2) is 24.3 Å². The molecule has 1 aromatic heterocycles. The highest BCUT2D eigenvalue weighted by Gasteiger charge is 2.18. The summed E-state index contributed by atoms with van der Waals surface area (Å²) < 4.78 is 0. The number of thiazole rings is 1. The number of carboxylic acids is 1. The number of hydrogen-bond donors (Lipinski definition) is 1. The summed E-state index contributed by atoms with van der Waals surface area (Å²) in [6.45, 7) is 7.24. The molecule has 0 aliphatic carbocycles. The molecule has 4 nitrogen and oxygen atoms in total. The van der Waals surface area contributed by atoms with Gasteiger partial charge in [-0.1, -0.05) is 29.8 Å². The highest BCUT2D eigenvalue weighted by atomic mass is 32.1. The minimum atomic E-state index is -0.716. The average molecular weight is 346 g/mol. The number of carboxylic acid groups (broad SMARTS) is 1. The maximum Gasteiger partial charge on any atom is 0.303 e. The Morgan fingerprint density at radius 3 is 2.54 bits per heavy atom. The second-order valence-corrected chi connectivity index (χ2v) is 7.37. The molecule has 0 amide bonds. The number of rotatable bonds is 8. The van der Waals surface area contributed by atoms with Gasteiger partial charge >= 0.3 is 5.97 Å². The van der Waals surface area contributed by atoms with Crippen LogP contribution >= 0.6 is 11.3 Å². The van der Waals surface area contributed by atoms with Gasteiger partial charge in [0.05, 0.1) is 5.69 Å². The van der Waals surface area contributed by atoms with Gasteiger partial charge in [-0.05, 0) is 47.2 Å². The predicted molar refractivity (Wildman–Crippen MR) is 99.6 cm³/mol. The zero-order chi connectivity index (χ0) is 17.7. The zero-order valence-electron chi connectivity index (χ0n) is 14.9. The molecular formula is C19H26N2O2S. The van der Waals surface area contributed by atoms with E-state index in [1.165, 1.54) is 10.4 Å². The van der Waals surface area contributed by atoms with Gasteiger partial charge in [-0.3, -0.25) is 9.69 Å². The third-order valence-electron chi connectivity index (χ3n) is 4.32. The molecule has 0 aliphatic rings. The fourth-order valence-corrected chi connectivity index (χ4v) is 3.84. The van der Waals surface area contributed by atoms with Gasteiger partial charge in [0, 0.05) is 22.9 Å². The van der Waals surface area contributed by atoms with Crippen molar-refractivity contribution in [2.75, 3.05) is 13.6 Å². The third kappa shape index (κ3) is 4.89. The lowest BCUT2D eigenvalue weighted by atomic mass is 10.1. The molecule has 0 bridgehead atoms. The van der Waals surface area contributed by atoms with Crippen molar-refractivity contribution in [1.29, 1.82) is 0 Å². The normalized spacial score (nSPS) is 12.5. The van der Waals surface area contributed by atoms with E-state index in [1.54, 1.807) is 11.3 Å². The average Bonchev–Trinajstić information content (AvgIpc) is 2.93. The summed E-state index contributed by atoms with van der Waals surface area (Å²) in [6.07, 6.45) is 1.87. The SMILES string of the molecule is Cc1ccc(-c2nc(C)c(C(C)N(C)CCCCC(=O)O)s2)cc1.